The summed E-state index contributed by atoms with van der Waals surface area (Å²) in [5, 5.41) is 67.5. The summed E-state index contributed by atoms with van der Waals surface area (Å²) < 4.78 is 31.0. The van der Waals surface area contributed by atoms with Gasteiger partial charge in [0.05, 0.1) is 16.5 Å². The lowest BCUT2D eigenvalue weighted by molar-refractivity contribution is -0.126. The van der Waals surface area contributed by atoms with Crippen molar-refractivity contribution in [3.05, 3.63) is 209 Å². The van der Waals surface area contributed by atoms with Crippen LogP contribution in [-0.4, -0.2) is 55.1 Å². The molecular weight excluding hydrogens is 837 g/mol. The molecule has 0 unspecified atom stereocenters. The van der Waals surface area contributed by atoms with Crippen LogP contribution in [0.2, 0.25) is 0 Å². The van der Waals surface area contributed by atoms with Gasteiger partial charge < -0.3 is 53.4 Å². The molecule has 0 radical (unpaired) electrons. The number of benzene rings is 4. The third-order valence-electron chi connectivity index (χ3n) is 12.1. The summed E-state index contributed by atoms with van der Waals surface area (Å²) in [7, 11) is 0. The van der Waals surface area contributed by atoms with E-state index in [0.29, 0.717) is 31.4 Å². The van der Waals surface area contributed by atoms with Crippen LogP contribution in [-0.2, 0) is 38.5 Å². The van der Waals surface area contributed by atoms with Crippen molar-refractivity contribution in [3.8, 4) is 11.5 Å². The van der Waals surface area contributed by atoms with Crippen LogP contribution in [0.4, 0.5) is 0 Å². The Morgan fingerprint density at radius 2 is 0.785 bits per heavy atom. The molecule has 6 N–H and O–H groups in total. The summed E-state index contributed by atoms with van der Waals surface area (Å²) in [4.78, 5) is 41.7. The Morgan fingerprint density at radius 3 is 1.20 bits per heavy atom. The fourth-order valence-electron chi connectivity index (χ4n) is 8.56. The molecule has 334 valence electrons. The highest BCUT2D eigenvalue weighted by molar-refractivity contribution is 5.81. The first kappa shape index (κ1) is 43.6. The molecule has 2 aliphatic carbocycles. The molecule has 14 heteroatoms. The largest absolute Gasteiger partial charge is 0.479 e. The zero-order valence-corrected chi connectivity index (χ0v) is 34.9. The Morgan fingerprint density at radius 1 is 0.415 bits per heavy atom. The minimum atomic E-state index is -1.93. The quantitative estimate of drug-likeness (QED) is 0.0912. The highest BCUT2D eigenvalue weighted by atomic mass is 16.6. The third kappa shape index (κ3) is 8.92. The summed E-state index contributed by atoms with van der Waals surface area (Å²) in [6.07, 6.45) is -12.4. The lowest BCUT2D eigenvalue weighted by atomic mass is 9.86. The molecule has 0 saturated heterocycles. The first-order valence-electron chi connectivity index (χ1n) is 21.4. The Hall–Kier alpha value is -6.65. The van der Waals surface area contributed by atoms with Crippen LogP contribution in [0.25, 0.3) is 11.0 Å². The Balaban J connectivity index is 1.12. The highest BCUT2D eigenvalue weighted by Crippen LogP contribution is 2.45. The fraction of sp³-hybridized carbons (Fsp3) is 0.275. The minimum Gasteiger partial charge on any atom is -0.479 e. The predicted octanol–water partition coefficient (Wildman–Crippen LogP) is 4.83. The topological polar surface area (TPSA) is 230 Å². The molecule has 0 fully saturated rings. The van der Waals surface area contributed by atoms with Gasteiger partial charge in [0, 0.05) is 43.5 Å². The van der Waals surface area contributed by atoms with Gasteiger partial charge in [-0.3, -0.25) is 14.4 Å². The van der Waals surface area contributed by atoms with Gasteiger partial charge >= 0.3 is 0 Å². The zero-order valence-electron chi connectivity index (χ0n) is 34.9. The van der Waals surface area contributed by atoms with Gasteiger partial charge in [0.2, 0.25) is 0 Å². The van der Waals surface area contributed by atoms with Gasteiger partial charge in [0.15, 0.2) is 40.0 Å². The second-order valence-electron chi connectivity index (χ2n) is 16.5. The van der Waals surface area contributed by atoms with Crippen molar-refractivity contribution in [2.45, 2.75) is 87.4 Å². The molecule has 0 amide bonds. The van der Waals surface area contributed by atoms with Crippen LogP contribution in [0.1, 0.15) is 81.0 Å². The normalized spacial score (nSPS) is 22.6. The van der Waals surface area contributed by atoms with Crippen LogP contribution in [0.3, 0.4) is 0 Å². The van der Waals surface area contributed by atoms with Crippen molar-refractivity contribution in [2.75, 3.05) is 0 Å². The van der Waals surface area contributed by atoms with Crippen LogP contribution in [0.5, 0.6) is 11.5 Å². The van der Waals surface area contributed by atoms with Gasteiger partial charge in [-0.1, -0.05) is 91.0 Å². The van der Waals surface area contributed by atoms with Crippen LogP contribution in [0.15, 0.2) is 149 Å². The molecule has 4 aromatic carbocycles. The van der Waals surface area contributed by atoms with Gasteiger partial charge in [-0.2, -0.15) is 0 Å². The molecule has 3 heterocycles. The maximum atomic E-state index is 14.0. The van der Waals surface area contributed by atoms with Gasteiger partial charge in [0.25, 0.3) is 0 Å². The lowest BCUT2D eigenvalue weighted by Crippen LogP contribution is -2.46. The van der Waals surface area contributed by atoms with Gasteiger partial charge in [0.1, 0.15) is 71.0 Å². The van der Waals surface area contributed by atoms with E-state index in [1.165, 1.54) is 30.3 Å². The standard InChI is InChI=1S/C51H46O14/c52-34-22-30(19-16-27-10-4-1-5-11-27)61-37-26-39(65-51-41-36(54)24-32(21-18-29-14-8-3-9-15-29)63-49(41)45(58)43(56)47(51)60)38(25-33(34)37)64-50-40-35(53)23-31(20-17-28-12-6-2-7-13-28)62-48(40)44(57)42(55)46(50)59/h1-15,22-26,42-47,50-51,55-60H,16-21H2/t42-,43-,44-,45-,46+,47-,50+,51-/m1/s1. The number of aliphatic hydroxyl groups is 6. The summed E-state index contributed by atoms with van der Waals surface area (Å²) in [5.74, 6) is -0.532. The van der Waals surface area contributed by atoms with E-state index in [0.717, 1.165) is 16.7 Å². The Labute approximate surface area is 370 Å². The zero-order chi connectivity index (χ0) is 45.4. The molecule has 0 spiro atoms. The molecule has 7 aromatic rings. The number of rotatable bonds is 13. The van der Waals surface area contributed by atoms with Crippen LogP contribution < -0.4 is 25.8 Å². The van der Waals surface area contributed by atoms with E-state index < -0.39 is 65.1 Å². The number of ether oxygens (including phenoxy) is 2. The minimum absolute atomic E-state index is 0.0000617. The summed E-state index contributed by atoms with van der Waals surface area (Å²) in [6, 6.07) is 34.7. The maximum Gasteiger partial charge on any atom is 0.193 e. The second-order valence-corrected chi connectivity index (χ2v) is 16.5. The van der Waals surface area contributed by atoms with Crippen molar-refractivity contribution in [3.63, 3.8) is 0 Å². The molecule has 3 aromatic heterocycles. The van der Waals surface area contributed by atoms with Crippen molar-refractivity contribution in [2.24, 2.45) is 0 Å². The van der Waals surface area contributed by atoms with Gasteiger partial charge in [-0.15, -0.1) is 0 Å². The summed E-state index contributed by atoms with van der Waals surface area (Å²) in [6.45, 7) is 0. The van der Waals surface area contributed by atoms with Gasteiger partial charge in [-0.05, 0) is 42.0 Å². The lowest BCUT2D eigenvalue weighted by Gasteiger charge is -2.37. The first-order valence-corrected chi connectivity index (χ1v) is 21.4. The Kier molecular flexibility index (Phi) is 12.4. The summed E-state index contributed by atoms with van der Waals surface area (Å²) in [5.41, 5.74) is 0.502. The van der Waals surface area contributed by atoms with E-state index >= 15 is 0 Å². The smallest absolute Gasteiger partial charge is 0.193 e. The van der Waals surface area contributed by atoms with Crippen LogP contribution in [0, 0.1) is 0 Å². The first-order chi connectivity index (χ1) is 31.4. The number of hydrogen-bond acceptors (Lipinski definition) is 14. The highest BCUT2D eigenvalue weighted by Gasteiger charge is 2.48. The molecular formula is C51H46O14. The number of aryl methyl sites for hydroxylation is 6. The number of aliphatic hydroxyl groups excluding tert-OH is 6. The predicted molar refractivity (Wildman–Crippen MR) is 235 cm³/mol. The van der Waals surface area contributed by atoms with Crippen molar-refractivity contribution in [1.82, 2.24) is 0 Å². The second kappa shape index (κ2) is 18.4. The average molecular weight is 883 g/mol. The molecule has 8 atom stereocenters. The molecule has 0 bridgehead atoms. The SMILES string of the molecule is O=c1cc(CCc2ccccc2)oc2c1[C@@H](Oc1cc3oc(CCc4ccccc4)cc(=O)c3cc1O[C@H]1c3c(oc(CCc4ccccc4)cc3=O)[C@H](O)[C@@H](O)[C@@H]1O)[C@H](O)[C@H](O)[C@H]2O. The molecule has 9 rings (SSSR count). The molecule has 14 nitrogen and oxygen atoms in total. The van der Waals surface area contributed by atoms with E-state index in [4.69, 9.17) is 22.7 Å². The number of hydrogen-bond donors (Lipinski definition) is 6. The van der Waals surface area contributed by atoms with E-state index in [2.05, 4.69) is 0 Å². The van der Waals surface area contributed by atoms with Gasteiger partial charge in [-0.25, -0.2) is 0 Å². The van der Waals surface area contributed by atoms with E-state index in [1.807, 2.05) is 91.0 Å². The van der Waals surface area contributed by atoms with Crippen molar-refractivity contribution in [1.29, 1.82) is 0 Å². The molecule has 0 aliphatic heterocycles. The van der Waals surface area contributed by atoms with Crippen molar-refractivity contribution >= 4 is 11.0 Å². The fourth-order valence-corrected chi connectivity index (χ4v) is 8.56. The van der Waals surface area contributed by atoms with E-state index in [9.17, 15) is 45.0 Å². The monoisotopic (exact) mass is 882 g/mol. The van der Waals surface area contributed by atoms with Crippen molar-refractivity contribution < 1.29 is 53.4 Å². The maximum absolute atomic E-state index is 14.0. The number of fused-ring (bicyclic) bond motifs is 3. The molecule has 2 aliphatic rings. The molecule has 0 saturated carbocycles. The molecule has 65 heavy (non-hydrogen) atoms. The summed E-state index contributed by atoms with van der Waals surface area (Å²) >= 11 is 0. The van der Waals surface area contributed by atoms with E-state index in [1.54, 1.807) is 0 Å². The van der Waals surface area contributed by atoms with Crippen LogP contribution >= 0.6 is 0 Å². The van der Waals surface area contributed by atoms with E-state index in [-0.39, 0.29) is 69.5 Å². The Bertz CT molecular complexity index is 2980. The average Bonchev–Trinajstić information content (AvgIpc) is 3.32. The third-order valence-corrected chi connectivity index (χ3v) is 12.1.